The molecule has 2 aromatic rings. The SMILES string of the molecule is CC(C)(C)OC(=O)N1CCC(COc2ccc(-c3noc(=O)[nH]3)nc2)CC1. The van der Waals surface area contributed by atoms with Crippen LogP contribution >= 0.6 is 0 Å². The molecule has 0 unspecified atom stereocenters. The highest BCUT2D eigenvalue weighted by atomic mass is 16.6. The number of likely N-dealkylation sites (tertiary alicyclic amines) is 1. The molecule has 3 heterocycles. The number of aromatic amines is 1. The lowest BCUT2D eigenvalue weighted by molar-refractivity contribution is 0.0165. The fourth-order valence-electron chi connectivity index (χ4n) is 2.77. The van der Waals surface area contributed by atoms with Crippen molar-refractivity contribution < 1.29 is 18.8 Å². The number of piperidine rings is 1. The first-order chi connectivity index (χ1) is 12.8. The number of ether oxygens (including phenoxy) is 2. The third kappa shape index (κ3) is 5.32. The summed E-state index contributed by atoms with van der Waals surface area (Å²) in [6.45, 7) is 7.49. The van der Waals surface area contributed by atoms with Gasteiger partial charge in [0, 0.05) is 13.1 Å². The van der Waals surface area contributed by atoms with Crippen LogP contribution in [-0.2, 0) is 4.74 Å². The van der Waals surface area contributed by atoms with Crippen molar-refractivity contribution in [2.24, 2.45) is 5.92 Å². The van der Waals surface area contributed by atoms with Gasteiger partial charge >= 0.3 is 11.8 Å². The van der Waals surface area contributed by atoms with Gasteiger partial charge in [-0.2, -0.15) is 0 Å². The average molecular weight is 376 g/mol. The molecule has 1 fully saturated rings. The van der Waals surface area contributed by atoms with Gasteiger partial charge in [-0.3, -0.25) is 9.51 Å². The number of H-pyrrole nitrogens is 1. The van der Waals surface area contributed by atoms with E-state index in [1.807, 2.05) is 20.8 Å². The second-order valence-electron chi connectivity index (χ2n) is 7.54. The molecule has 0 spiro atoms. The Morgan fingerprint density at radius 2 is 2.07 bits per heavy atom. The van der Waals surface area contributed by atoms with E-state index in [4.69, 9.17) is 9.47 Å². The maximum atomic E-state index is 12.1. The van der Waals surface area contributed by atoms with Crippen LogP contribution < -0.4 is 10.5 Å². The van der Waals surface area contributed by atoms with Crippen molar-refractivity contribution in [2.45, 2.75) is 39.2 Å². The van der Waals surface area contributed by atoms with Crippen LogP contribution in [-0.4, -0.2) is 51.4 Å². The molecule has 1 saturated heterocycles. The first-order valence-corrected chi connectivity index (χ1v) is 8.93. The van der Waals surface area contributed by atoms with E-state index in [-0.39, 0.29) is 11.9 Å². The smallest absolute Gasteiger partial charge is 0.439 e. The molecule has 1 aliphatic rings. The molecule has 2 aromatic heterocycles. The van der Waals surface area contributed by atoms with Gasteiger partial charge < -0.3 is 14.4 Å². The highest BCUT2D eigenvalue weighted by Gasteiger charge is 2.27. The van der Waals surface area contributed by atoms with Crippen LogP contribution in [0.2, 0.25) is 0 Å². The van der Waals surface area contributed by atoms with Gasteiger partial charge in [0.2, 0.25) is 5.82 Å². The Morgan fingerprint density at radius 3 is 2.63 bits per heavy atom. The molecule has 9 nitrogen and oxygen atoms in total. The number of rotatable bonds is 4. The fourth-order valence-corrected chi connectivity index (χ4v) is 2.77. The lowest BCUT2D eigenvalue weighted by Gasteiger charge is -2.33. The average Bonchev–Trinajstić information content (AvgIpc) is 3.06. The largest absolute Gasteiger partial charge is 0.492 e. The maximum Gasteiger partial charge on any atom is 0.439 e. The molecular weight excluding hydrogens is 352 g/mol. The lowest BCUT2D eigenvalue weighted by Crippen LogP contribution is -2.42. The van der Waals surface area contributed by atoms with Gasteiger partial charge in [0.05, 0.1) is 12.8 Å². The van der Waals surface area contributed by atoms with Gasteiger partial charge in [-0.15, -0.1) is 0 Å². The first kappa shape index (κ1) is 18.9. The summed E-state index contributed by atoms with van der Waals surface area (Å²) in [5.41, 5.74) is 0.0220. The Balaban J connectivity index is 1.45. The molecule has 1 aliphatic heterocycles. The predicted molar refractivity (Wildman–Crippen MR) is 96.4 cm³/mol. The molecule has 146 valence electrons. The van der Waals surface area contributed by atoms with Gasteiger partial charge in [0.15, 0.2) is 0 Å². The van der Waals surface area contributed by atoms with Crippen molar-refractivity contribution in [1.29, 1.82) is 0 Å². The number of carbonyl (C=O) groups is 1. The molecule has 3 rings (SSSR count). The molecule has 0 aliphatic carbocycles. The van der Waals surface area contributed by atoms with E-state index in [1.165, 1.54) is 0 Å². The Morgan fingerprint density at radius 1 is 1.33 bits per heavy atom. The van der Waals surface area contributed by atoms with Crippen molar-refractivity contribution >= 4 is 6.09 Å². The van der Waals surface area contributed by atoms with Crippen molar-refractivity contribution in [3.63, 3.8) is 0 Å². The minimum absolute atomic E-state index is 0.257. The zero-order valence-electron chi connectivity index (χ0n) is 15.7. The van der Waals surface area contributed by atoms with E-state index in [0.717, 1.165) is 12.8 Å². The highest BCUT2D eigenvalue weighted by molar-refractivity contribution is 5.68. The molecule has 0 aromatic carbocycles. The summed E-state index contributed by atoms with van der Waals surface area (Å²) in [6.07, 6.45) is 3.06. The van der Waals surface area contributed by atoms with E-state index in [9.17, 15) is 9.59 Å². The van der Waals surface area contributed by atoms with Gasteiger partial charge in [0.25, 0.3) is 0 Å². The van der Waals surface area contributed by atoms with E-state index in [1.54, 1.807) is 23.2 Å². The second kappa shape index (κ2) is 7.81. The number of pyridine rings is 1. The summed E-state index contributed by atoms with van der Waals surface area (Å²) < 4.78 is 15.7. The van der Waals surface area contributed by atoms with Gasteiger partial charge in [-0.25, -0.2) is 14.6 Å². The number of hydrogen-bond donors (Lipinski definition) is 1. The highest BCUT2D eigenvalue weighted by Crippen LogP contribution is 2.22. The number of hydrogen-bond acceptors (Lipinski definition) is 7. The van der Waals surface area contributed by atoms with Crippen LogP contribution in [0, 0.1) is 5.92 Å². The third-order valence-electron chi connectivity index (χ3n) is 4.17. The summed E-state index contributed by atoms with van der Waals surface area (Å²) in [6, 6.07) is 3.47. The molecule has 0 atom stereocenters. The summed E-state index contributed by atoms with van der Waals surface area (Å²) in [5, 5.41) is 3.59. The molecule has 0 saturated carbocycles. The zero-order valence-corrected chi connectivity index (χ0v) is 15.7. The Kier molecular flexibility index (Phi) is 5.48. The van der Waals surface area contributed by atoms with E-state index < -0.39 is 11.4 Å². The minimum Gasteiger partial charge on any atom is -0.492 e. The Hall–Kier alpha value is -2.84. The summed E-state index contributed by atoms with van der Waals surface area (Å²) >= 11 is 0. The predicted octanol–water partition coefficient (Wildman–Crippen LogP) is 2.45. The van der Waals surface area contributed by atoms with Crippen LogP contribution in [0.15, 0.2) is 27.6 Å². The minimum atomic E-state index is -0.621. The van der Waals surface area contributed by atoms with Crippen LogP contribution in [0.4, 0.5) is 4.79 Å². The summed E-state index contributed by atoms with van der Waals surface area (Å²) in [7, 11) is 0. The maximum absolute atomic E-state index is 12.1. The van der Waals surface area contributed by atoms with Crippen molar-refractivity contribution in [3.05, 3.63) is 28.9 Å². The van der Waals surface area contributed by atoms with Crippen LogP contribution in [0.3, 0.4) is 0 Å². The molecule has 1 N–H and O–H groups in total. The topological polar surface area (TPSA) is 111 Å². The standard InChI is InChI=1S/C18H24N4O5/c1-18(2,3)26-17(24)22-8-6-12(7-9-22)11-25-13-4-5-14(19-10-13)15-20-16(23)27-21-15/h4-5,10,12H,6-9,11H2,1-3H3,(H,20,21,23). The number of amides is 1. The van der Waals surface area contributed by atoms with E-state index in [2.05, 4.69) is 19.6 Å². The zero-order chi connectivity index (χ0) is 19.4. The molecule has 1 amide bonds. The number of aromatic nitrogens is 3. The summed E-state index contributed by atoms with van der Waals surface area (Å²) in [5.74, 6) is 0.667. The van der Waals surface area contributed by atoms with Crippen molar-refractivity contribution in [2.75, 3.05) is 19.7 Å². The van der Waals surface area contributed by atoms with E-state index in [0.29, 0.717) is 37.1 Å². The van der Waals surface area contributed by atoms with Gasteiger partial charge in [-0.05, 0) is 51.7 Å². The monoisotopic (exact) mass is 376 g/mol. The third-order valence-corrected chi connectivity index (χ3v) is 4.17. The second-order valence-corrected chi connectivity index (χ2v) is 7.54. The van der Waals surface area contributed by atoms with Crippen molar-refractivity contribution in [1.82, 2.24) is 20.0 Å². The fraction of sp³-hybridized carbons (Fsp3) is 0.556. The van der Waals surface area contributed by atoms with Crippen LogP contribution in [0.25, 0.3) is 11.5 Å². The molecule has 0 radical (unpaired) electrons. The molecule has 0 bridgehead atoms. The Labute approximate surface area is 156 Å². The van der Waals surface area contributed by atoms with Crippen LogP contribution in [0.1, 0.15) is 33.6 Å². The first-order valence-electron chi connectivity index (χ1n) is 8.93. The number of nitrogens with zero attached hydrogens (tertiary/aromatic N) is 3. The quantitative estimate of drug-likeness (QED) is 0.872. The molecular formula is C18H24N4O5. The van der Waals surface area contributed by atoms with Crippen molar-refractivity contribution in [3.8, 4) is 17.3 Å². The summed E-state index contributed by atoms with van der Waals surface area (Å²) in [4.78, 5) is 31.5. The Bertz CT molecular complexity index is 813. The number of nitrogens with one attached hydrogen (secondary N) is 1. The van der Waals surface area contributed by atoms with Crippen LogP contribution in [0.5, 0.6) is 5.75 Å². The normalized spacial score (nSPS) is 15.6. The molecule has 27 heavy (non-hydrogen) atoms. The van der Waals surface area contributed by atoms with E-state index >= 15 is 0 Å². The molecule has 9 heteroatoms. The van der Waals surface area contributed by atoms with Gasteiger partial charge in [0.1, 0.15) is 17.0 Å². The lowest BCUT2D eigenvalue weighted by atomic mass is 9.98. The van der Waals surface area contributed by atoms with Gasteiger partial charge in [-0.1, -0.05) is 5.16 Å². The number of carbonyl (C=O) groups excluding carboxylic acids is 1.